The van der Waals surface area contributed by atoms with Crippen LogP contribution in [0.15, 0.2) is 57.6 Å². The van der Waals surface area contributed by atoms with Gasteiger partial charge in [-0.2, -0.15) is 0 Å². The zero-order valence-corrected chi connectivity index (χ0v) is 18.1. The van der Waals surface area contributed by atoms with Crippen molar-refractivity contribution in [3.05, 3.63) is 58.8 Å². The first-order valence-electron chi connectivity index (χ1n) is 9.27. The van der Waals surface area contributed by atoms with Gasteiger partial charge in [0.15, 0.2) is 0 Å². The fourth-order valence-corrected chi connectivity index (χ4v) is 3.47. The Hall–Kier alpha value is -2.53. The van der Waals surface area contributed by atoms with Gasteiger partial charge in [0.2, 0.25) is 5.91 Å². The van der Waals surface area contributed by atoms with E-state index in [1.807, 2.05) is 51.1 Å². The number of furan rings is 1. The van der Waals surface area contributed by atoms with E-state index in [0.717, 1.165) is 44.1 Å². The first-order valence-corrected chi connectivity index (χ1v) is 10.1. The van der Waals surface area contributed by atoms with Crippen LogP contribution in [0.4, 0.5) is 0 Å². The summed E-state index contributed by atoms with van der Waals surface area (Å²) in [5.74, 6) is 0.570. The van der Waals surface area contributed by atoms with Gasteiger partial charge in [0.25, 0.3) is 0 Å². The molecular weight excluding hydrogens is 418 g/mol. The lowest BCUT2D eigenvalue weighted by atomic mass is 9.99. The van der Waals surface area contributed by atoms with Crippen molar-refractivity contribution in [2.45, 2.75) is 33.2 Å². The number of rotatable bonds is 6. The molecule has 1 unspecified atom stereocenters. The van der Waals surface area contributed by atoms with Crippen molar-refractivity contribution < 1.29 is 13.9 Å². The van der Waals surface area contributed by atoms with Gasteiger partial charge in [-0.05, 0) is 49.6 Å². The molecule has 0 aliphatic heterocycles. The monoisotopic (exact) mass is 441 g/mol. The Balaban J connectivity index is 2.06. The first-order chi connectivity index (χ1) is 13.4. The van der Waals surface area contributed by atoms with Crippen LogP contribution in [0.2, 0.25) is 0 Å². The minimum atomic E-state index is -0.103. The fraction of sp³-hybridized carbons (Fsp3) is 0.261. The van der Waals surface area contributed by atoms with Crippen LogP contribution in [0.25, 0.3) is 27.7 Å². The van der Waals surface area contributed by atoms with E-state index >= 15 is 0 Å². The Morgan fingerprint density at radius 1 is 1.32 bits per heavy atom. The van der Waals surface area contributed by atoms with Gasteiger partial charge in [-0.15, -0.1) is 0 Å². The molecule has 5 heteroatoms. The second kappa shape index (κ2) is 8.65. The van der Waals surface area contributed by atoms with E-state index in [9.17, 15) is 4.79 Å². The molecule has 3 aromatic rings. The molecule has 1 aromatic heterocycles. The number of carbonyl (C=O) groups excluding carboxylic acids is 1. The van der Waals surface area contributed by atoms with Gasteiger partial charge < -0.3 is 14.5 Å². The smallest absolute Gasteiger partial charge is 0.244 e. The average molecular weight is 442 g/mol. The number of carbonyl (C=O) groups is 1. The predicted molar refractivity (Wildman–Crippen MR) is 117 cm³/mol. The zero-order valence-electron chi connectivity index (χ0n) is 16.5. The van der Waals surface area contributed by atoms with Crippen LogP contribution in [0, 0.1) is 0 Å². The number of halogens is 1. The van der Waals surface area contributed by atoms with Gasteiger partial charge in [0.1, 0.15) is 11.3 Å². The van der Waals surface area contributed by atoms with Crippen molar-refractivity contribution in [1.29, 1.82) is 0 Å². The number of amides is 1. The molecule has 0 aliphatic carbocycles. The Kier molecular flexibility index (Phi) is 6.25. The van der Waals surface area contributed by atoms with E-state index in [1.165, 1.54) is 0 Å². The summed E-state index contributed by atoms with van der Waals surface area (Å²) >= 11 is 3.52. The Bertz CT molecular complexity index is 1040. The Labute approximate surface area is 173 Å². The fourth-order valence-electron chi connectivity index (χ4n) is 3.07. The number of methoxy groups -OCH3 is 1. The molecule has 1 amide bonds. The number of benzene rings is 2. The molecule has 0 radical (unpaired) electrons. The summed E-state index contributed by atoms with van der Waals surface area (Å²) in [7, 11) is 1.62. The van der Waals surface area contributed by atoms with E-state index < -0.39 is 0 Å². The number of nitrogens with one attached hydrogen (secondary N) is 1. The third kappa shape index (κ3) is 4.30. The number of ether oxygens (including phenoxy) is 1. The molecule has 3 rings (SSSR count). The maximum atomic E-state index is 12.3. The highest BCUT2D eigenvalue weighted by Crippen LogP contribution is 2.37. The maximum Gasteiger partial charge on any atom is 0.244 e. The molecule has 1 N–H and O–H groups in total. The third-order valence-electron chi connectivity index (χ3n) is 4.80. The van der Waals surface area contributed by atoms with Crippen molar-refractivity contribution in [1.82, 2.24) is 5.32 Å². The quantitative estimate of drug-likeness (QED) is 0.463. The van der Waals surface area contributed by atoms with E-state index in [0.29, 0.717) is 5.75 Å². The average Bonchev–Trinajstić information content (AvgIpc) is 3.09. The molecule has 0 spiro atoms. The Morgan fingerprint density at radius 3 is 2.79 bits per heavy atom. The molecule has 2 aromatic carbocycles. The molecule has 0 fully saturated rings. The summed E-state index contributed by atoms with van der Waals surface area (Å²) in [6.45, 7) is 5.95. The van der Waals surface area contributed by atoms with Gasteiger partial charge in [-0.25, -0.2) is 0 Å². The van der Waals surface area contributed by atoms with Gasteiger partial charge >= 0.3 is 0 Å². The highest BCUT2D eigenvalue weighted by atomic mass is 79.9. The van der Waals surface area contributed by atoms with Crippen molar-refractivity contribution in [2.24, 2.45) is 0 Å². The molecule has 0 bridgehead atoms. The molecular formula is C23H24BrNO3. The van der Waals surface area contributed by atoms with E-state index in [1.54, 1.807) is 19.4 Å². The summed E-state index contributed by atoms with van der Waals surface area (Å²) in [6, 6.07) is 12.1. The molecule has 146 valence electrons. The predicted octanol–water partition coefficient (Wildman–Crippen LogP) is 6.19. The molecule has 1 heterocycles. The van der Waals surface area contributed by atoms with Crippen LogP contribution in [0.3, 0.4) is 0 Å². The SMILES string of the molecule is CCC(C)NC(=O)/C=C(\C)c1cc2c(-c3cccc(Br)c3)coc2cc1OC. The van der Waals surface area contributed by atoms with Crippen LogP contribution in [-0.4, -0.2) is 19.1 Å². The van der Waals surface area contributed by atoms with Crippen molar-refractivity contribution in [3.63, 3.8) is 0 Å². The van der Waals surface area contributed by atoms with Crippen LogP contribution in [0.1, 0.15) is 32.8 Å². The highest BCUT2D eigenvalue weighted by Gasteiger charge is 2.15. The number of allylic oxidation sites excluding steroid dienone is 1. The first kappa shape index (κ1) is 20.2. The number of hydrogen-bond acceptors (Lipinski definition) is 3. The lowest BCUT2D eigenvalue weighted by Gasteiger charge is -2.12. The normalized spacial score (nSPS) is 12.8. The molecule has 1 atom stereocenters. The molecule has 0 saturated carbocycles. The summed E-state index contributed by atoms with van der Waals surface area (Å²) in [6.07, 6.45) is 4.26. The summed E-state index contributed by atoms with van der Waals surface area (Å²) in [5, 5.41) is 3.94. The van der Waals surface area contributed by atoms with Crippen molar-refractivity contribution >= 4 is 38.4 Å². The molecule has 0 saturated heterocycles. The van der Waals surface area contributed by atoms with Crippen LogP contribution in [-0.2, 0) is 4.79 Å². The van der Waals surface area contributed by atoms with Gasteiger partial charge in [0, 0.05) is 39.2 Å². The lowest BCUT2D eigenvalue weighted by molar-refractivity contribution is -0.117. The third-order valence-corrected chi connectivity index (χ3v) is 5.30. The van der Waals surface area contributed by atoms with Gasteiger partial charge in [0.05, 0.1) is 13.4 Å². The second-order valence-electron chi connectivity index (χ2n) is 6.85. The van der Waals surface area contributed by atoms with E-state index in [2.05, 4.69) is 27.3 Å². The lowest BCUT2D eigenvalue weighted by Crippen LogP contribution is -2.30. The van der Waals surface area contributed by atoms with Crippen molar-refractivity contribution in [3.8, 4) is 16.9 Å². The van der Waals surface area contributed by atoms with Gasteiger partial charge in [-0.1, -0.05) is 35.0 Å². The standard InChI is InChI=1S/C23H24BrNO3/c1-5-15(3)25-23(26)9-14(2)18-11-19-20(16-7-6-8-17(24)10-16)13-28-22(19)12-21(18)27-4/h6-13,15H,5H2,1-4H3,(H,25,26)/b14-9+. The molecule has 28 heavy (non-hydrogen) atoms. The topological polar surface area (TPSA) is 51.5 Å². The molecule has 4 nitrogen and oxygen atoms in total. The van der Waals surface area contributed by atoms with Gasteiger partial charge in [-0.3, -0.25) is 4.79 Å². The van der Waals surface area contributed by atoms with Crippen molar-refractivity contribution in [2.75, 3.05) is 7.11 Å². The zero-order chi connectivity index (χ0) is 20.3. The maximum absolute atomic E-state index is 12.3. The highest BCUT2D eigenvalue weighted by molar-refractivity contribution is 9.10. The second-order valence-corrected chi connectivity index (χ2v) is 7.77. The molecule has 0 aliphatic rings. The minimum absolute atomic E-state index is 0.103. The number of fused-ring (bicyclic) bond motifs is 1. The summed E-state index contributed by atoms with van der Waals surface area (Å²) in [4.78, 5) is 12.3. The van der Waals surface area contributed by atoms with E-state index in [4.69, 9.17) is 9.15 Å². The van der Waals surface area contributed by atoms with Crippen LogP contribution in [0.5, 0.6) is 5.75 Å². The summed E-state index contributed by atoms with van der Waals surface area (Å²) in [5.41, 5.74) is 4.50. The Morgan fingerprint density at radius 2 is 2.11 bits per heavy atom. The minimum Gasteiger partial charge on any atom is -0.496 e. The van der Waals surface area contributed by atoms with Crippen LogP contribution >= 0.6 is 15.9 Å². The number of hydrogen-bond donors (Lipinski definition) is 1. The van der Waals surface area contributed by atoms with Crippen LogP contribution < -0.4 is 10.1 Å². The van der Waals surface area contributed by atoms with E-state index in [-0.39, 0.29) is 11.9 Å². The summed E-state index contributed by atoms with van der Waals surface area (Å²) < 4.78 is 12.3. The largest absolute Gasteiger partial charge is 0.496 e.